The van der Waals surface area contributed by atoms with Crippen molar-refractivity contribution >= 4 is 27.4 Å². The van der Waals surface area contributed by atoms with Crippen LogP contribution in [0.4, 0.5) is 5.69 Å². The number of hydrogen-bond donors (Lipinski definition) is 2. The number of benzene rings is 1. The average molecular weight is 310 g/mol. The van der Waals surface area contributed by atoms with Crippen LogP contribution in [0.2, 0.25) is 0 Å². The standard InChI is InChI=1S/C14H18N2O4S/c1-9-14(2,3)12-10(5-4-6-11(12)16-9)13(17)15-7-8-21(18,19)20/h4-6H,7-8H2,1-3H3,(H,15,17)(H,18,19,20). The number of fused-ring (bicyclic) bond motifs is 1. The molecule has 2 N–H and O–H groups in total. The molecule has 1 aliphatic heterocycles. The first-order chi connectivity index (χ1) is 9.63. The van der Waals surface area contributed by atoms with Gasteiger partial charge in [0.2, 0.25) is 0 Å². The van der Waals surface area contributed by atoms with Gasteiger partial charge in [-0.25, -0.2) is 0 Å². The number of carbonyl (C=O) groups excluding carboxylic acids is 1. The minimum atomic E-state index is -4.08. The summed E-state index contributed by atoms with van der Waals surface area (Å²) in [5.41, 5.74) is 2.67. The third kappa shape index (κ3) is 3.14. The predicted molar refractivity (Wildman–Crippen MR) is 81.0 cm³/mol. The Labute approximate surface area is 124 Å². The van der Waals surface area contributed by atoms with Crippen molar-refractivity contribution in [2.24, 2.45) is 4.99 Å². The van der Waals surface area contributed by atoms with Crippen LogP contribution >= 0.6 is 0 Å². The smallest absolute Gasteiger partial charge is 0.266 e. The Morgan fingerprint density at radius 1 is 1.38 bits per heavy atom. The van der Waals surface area contributed by atoms with Crippen molar-refractivity contribution in [3.63, 3.8) is 0 Å². The normalized spacial score (nSPS) is 16.3. The first-order valence-corrected chi connectivity index (χ1v) is 8.16. The van der Waals surface area contributed by atoms with E-state index >= 15 is 0 Å². The lowest BCUT2D eigenvalue weighted by atomic mass is 9.79. The molecule has 0 aromatic heterocycles. The zero-order valence-corrected chi connectivity index (χ0v) is 13.0. The van der Waals surface area contributed by atoms with E-state index in [1.807, 2.05) is 26.8 Å². The molecule has 2 rings (SSSR count). The molecule has 1 aliphatic rings. The van der Waals surface area contributed by atoms with Gasteiger partial charge in [-0.2, -0.15) is 8.42 Å². The van der Waals surface area contributed by atoms with Crippen molar-refractivity contribution in [3.05, 3.63) is 29.3 Å². The molecule has 114 valence electrons. The van der Waals surface area contributed by atoms with E-state index in [2.05, 4.69) is 10.3 Å². The summed E-state index contributed by atoms with van der Waals surface area (Å²) in [6.07, 6.45) is 0. The summed E-state index contributed by atoms with van der Waals surface area (Å²) in [6, 6.07) is 5.29. The maximum Gasteiger partial charge on any atom is 0.266 e. The fourth-order valence-electron chi connectivity index (χ4n) is 2.37. The van der Waals surface area contributed by atoms with Gasteiger partial charge in [0.15, 0.2) is 0 Å². The molecule has 21 heavy (non-hydrogen) atoms. The fraction of sp³-hybridized carbons (Fsp3) is 0.429. The third-order valence-electron chi connectivity index (χ3n) is 3.75. The Morgan fingerprint density at radius 2 is 2.05 bits per heavy atom. The first-order valence-electron chi connectivity index (χ1n) is 6.55. The molecule has 0 saturated carbocycles. The number of hydrogen-bond acceptors (Lipinski definition) is 4. The molecule has 1 amide bonds. The number of nitrogens with one attached hydrogen (secondary N) is 1. The van der Waals surface area contributed by atoms with E-state index in [4.69, 9.17) is 4.55 Å². The van der Waals surface area contributed by atoms with Gasteiger partial charge in [-0.1, -0.05) is 19.9 Å². The lowest BCUT2D eigenvalue weighted by Gasteiger charge is -2.22. The van der Waals surface area contributed by atoms with Gasteiger partial charge in [-0.3, -0.25) is 14.3 Å². The second-order valence-corrected chi connectivity index (χ2v) is 7.14. The highest BCUT2D eigenvalue weighted by molar-refractivity contribution is 7.85. The Kier molecular flexibility index (Phi) is 3.90. The molecule has 0 radical (unpaired) electrons. The molecule has 1 aromatic rings. The van der Waals surface area contributed by atoms with Crippen LogP contribution in [0, 0.1) is 0 Å². The first kappa shape index (κ1) is 15.7. The van der Waals surface area contributed by atoms with Crippen LogP contribution in [0.25, 0.3) is 0 Å². The van der Waals surface area contributed by atoms with Crippen molar-refractivity contribution < 1.29 is 17.8 Å². The van der Waals surface area contributed by atoms with Gasteiger partial charge in [-0.15, -0.1) is 0 Å². The second kappa shape index (κ2) is 5.23. The van der Waals surface area contributed by atoms with E-state index in [9.17, 15) is 13.2 Å². The van der Waals surface area contributed by atoms with Crippen molar-refractivity contribution in [1.82, 2.24) is 5.32 Å². The number of nitrogens with zero attached hydrogens (tertiary/aromatic N) is 1. The molecule has 6 nitrogen and oxygen atoms in total. The van der Waals surface area contributed by atoms with E-state index in [1.54, 1.807) is 12.1 Å². The molecule has 0 bridgehead atoms. The molecule has 0 aliphatic carbocycles. The summed E-state index contributed by atoms with van der Waals surface area (Å²) in [5.74, 6) is -0.874. The Bertz CT molecular complexity index is 720. The van der Waals surface area contributed by atoms with Gasteiger partial charge >= 0.3 is 0 Å². The lowest BCUT2D eigenvalue weighted by molar-refractivity contribution is 0.0954. The maximum atomic E-state index is 12.2. The molecule has 0 fully saturated rings. The van der Waals surface area contributed by atoms with E-state index < -0.39 is 15.9 Å². The predicted octanol–water partition coefficient (Wildman–Crippen LogP) is 1.69. The topological polar surface area (TPSA) is 95.8 Å². The Balaban J connectivity index is 2.24. The monoisotopic (exact) mass is 310 g/mol. The van der Waals surface area contributed by atoms with Gasteiger partial charge in [0.1, 0.15) is 0 Å². The molecule has 0 spiro atoms. The van der Waals surface area contributed by atoms with Gasteiger partial charge in [0.05, 0.1) is 11.4 Å². The number of carbonyl (C=O) groups is 1. The van der Waals surface area contributed by atoms with E-state index in [0.29, 0.717) is 5.56 Å². The van der Waals surface area contributed by atoms with Crippen LogP contribution in [0.15, 0.2) is 23.2 Å². The highest BCUT2D eigenvalue weighted by atomic mass is 32.2. The highest BCUT2D eigenvalue weighted by Crippen LogP contribution is 2.41. The minimum Gasteiger partial charge on any atom is -0.351 e. The third-order valence-corrected chi connectivity index (χ3v) is 4.47. The second-order valence-electron chi connectivity index (χ2n) is 5.56. The SMILES string of the molecule is CC1=Nc2cccc(C(=O)NCCS(=O)(=O)O)c2C1(C)C. The molecule has 1 heterocycles. The van der Waals surface area contributed by atoms with Gasteiger partial charge < -0.3 is 5.32 Å². The molecular formula is C14H18N2O4S. The number of aliphatic imine (C=N–C) groups is 1. The summed E-state index contributed by atoms with van der Waals surface area (Å²) >= 11 is 0. The number of rotatable bonds is 4. The van der Waals surface area contributed by atoms with E-state index in [0.717, 1.165) is 17.0 Å². The van der Waals surface area contributed by atoms with Gasteiger partial charge in [-0.05, 0) is 19.1 Å². The van der Waals surface area contributed by atoms with Crippen LogP contribution < -0.4 is 5.32 Å². The quantitative estimate of drug-likeness (QED) is 0.827. The highest BCUT2D eigenvalue weighted by Gasteiger charge is 2.35. The summed E-state index contributed by atoms with van der Waals surface area (Å²) < 4.78 is 30.0. The van der Waals surface area contributed by atoms with Crippen molar-refractivity contribution in [2.45, 2.75) is 26.2 Å². The molecule has 0 unspecified atom stereocenters. The zero-order chi connectivity index (χ0) is 15.8. The van der Waals surface area contributed by atoms with Crippen LogP contribution in [0.3, 0.4) is 0 Å². The summed E-state index contributed by atoms with van der Waals surface area (Å²) in [7, 11) is -4.08. The van der Waals surface area contributed by atoms with Gasteiger partial charge in [0, 0.05) is 28.8 Å². The molecule has 7 heteroatoms. The van der Waals surface area contributed by atoms with Crippen molar-refractivity contribution in [3.8, 4) is 0 Å². The zero-order valence-electron chi connectivity index (χ0n) is 12.2. The van der Waals surface area contributed by atoms with Crippen LogP contribution in [-0.2, 0) is 15.5 Å². The average Bonchev–Trinajstić information content (AvgIpc) is 2.58. The lowest BCUT2D eigenvalue weighted by Crippen LogP contribution is -2.32. The van der Waals surface area contributed by atoms with Crippen LogP contribution in [0.1, 0.15) is 36.7 Å². The van der Waals surface area contributed by atoms with E-state index in [-0.39, 0.29) is 17.9 Å². The van der Waals surface area contributed by atoms with Crippen molar-refractivity contribution in [1.29, 1.82) is 0 Å². The van der Waals surface area contributed by atoms with Crippen LogP contribution in [0.5, 0.6) is 0 Å². The molecule has 1 aromatic carbocycles. The summed E-state index contributed by atoms with van der Waals surface area (Å²) in [6.45, 7) is 5.76. The van der Waals surface area contributed by atoms with Crippen LogP contribution in [-0.4, -0.2) is 36.9 Å². The fourth-order valence-corrected chi connectivity index (χ4v) is 2.73. The van der Waals surface area contributed by atoms with E-state index in [1.165, 1.54) is 0 Å². The molecule has 0 saturated heterocycles. The van der Waals surface area contributed by atoms with Gasteiger partial charge in [0.25, 0.3) is 16.0 Å². The summed E-state index contributed by atoms with van der Waals surface area (Å²) in [4.78, 5) is 16.7. The number of amides is 1. The largest absolute Gasteiger partial charge is 0.351 e. The molecule has 0 atom stereocenters. The van der Waals surface area contributed by atoms with Crippen molar-refractivity contribution in [2.75, 3.05) is 12.3 Å². The Hall–Kier alpha value is -1.73. The molecular weight excluding hydrogens is 292 g/mol. The summed E-state index contributed by atoms with van der Waals surface area (Å²) in [5, 5.41) is 2.51. The Morgan fingerprint density at radius 3 is 2.67 bits per heavy atom. The minimum absolute atomic E-state index is 0.137. The maximum absolute atomic E-state index is 12.2.